The van der Waals surface area contributed by atoms with Crippen molar-refractivity contribution in [2.24, 2.45) is 0 Å². The summed E-state index contributed by atoms with van der Waals surface area (Å²) < 4.78 is 22.7. The summed E-state index contributed by atoms with van der Waals surface area (Å²) in [6.07, 6.45) is 4.46. The minimum atomic E-state index is -3.05. The number of carboxylic acid groups (broad SMARTS) is 1. The number of rotatable bonds is 4. The fourth-order valence-electron chi connectivity index (χ4n) is 3.24. The van der Waals surface area contributed by atoms with Gasteiger partial charge >= 0.3 is 12.0 Å². The highest BCUT2D eigenvalue weighted by Crippen LogP contribution is 2.31. The highest BCUT2D eigenvalue weighted by atomic mass is 32.2. The Balaban J connectivity index is 1.93. The molecule has 0 aromatic rings. The summed E-state index contributed by atoms with van der Waals surface area (Å²) in [6, 6.07) is -0.833. The van der Waals surface area contributed by atoms with E-state index in [0.29, 0.717) is 19.3 Å². The lowest BCUT2D eigenvalue weighted by Gasteiger charge is -2.37. The second kappa shape index (κ2) is 6.21. The van der Waals surface area contributed by atoms with E-state index >= 15 is 0 Å². The molecule has 1 aliphatic heterocycles. The summed E-state index contributed by atoms with van der Waals surface area (Å²) >= 11 is 0. The van der Waals surface area contributed by atoms with Gasteiger partial charge in [-0.25, -0.2) is 13.2 Å². The van der Waals surface area contributed by atoms with E-state index in [1.165, 1.54) is 0 Å². The summed E-state index contributed by atoms with van der Waals surface area (Å²) in [5, 5.41) is 14.5. The van der Waals surface area contributed by atoms with E-state index in [9.17, 15) is 18.0 Å². The molecule has 1 atom stereocenters. The normalized spacial score (nSPS) is 27.0. The predicted molar refractivity (Wildman–Crippen MR) is 76.8 cm³/mol. The smallest absolute Gasteiger partial charge is 0.315 e. The van der Waals surface area contributed by atoms with E-state index in [1.54, 1.807) is 0 Å². The molecule has 1 unspecified atom stereocenters. The summed E-state index contributed by atoms with van der Waals surface area (Å²) in [5.41, 5.74) is -0.703. The molecule has 1 heterocycles. The lowest BCUT2D eigenvalue weighted by Crippen LogP contribution is -2.55. The molecule has 120 valence electrons. The monoisotopic (exact) mass is 318 g/mol. The van der Waals surface area contributed by atoms with Crippen LogP contribution >= 0.6 is 0 Å². The van der Waals surface area contributed by atoms with Crippen LogP contribution in [0.15, 0.2) is 0 Å². The van der Waals surface area contributed by atoms with Crippen LogP contribution in [0.5, 0.6) is 0 Å². The maximum atomic E-state index is 12.1. The third-order valence-corrected chi connectivity index (χ3v) is 6.01. The van der Waals surface area contributed by atoms with Gasteiger partial charge in [0.1, 0.15) is 0 Å². The number of hydrogen-bond donors (Lipinski definition) is 3. The van der Waals surface area contributed by atoms with Crippen molar-refractivity contribution in [3.8, 4) is 0 Å². The van der Waals surface area contributed by atoms with Crippen LogP contribution in [0.4, 0.5) is 4.79 Å². The average molecular weight is 318 g/mol. The van der Waals surface area contributed by atoms with Gasteiger partial charge in [0.15, 0.2) is 9.84 Å². The second-order valence-electron chi connectivity index (χ2n) is 6.11. The number of hydrogen-bond acceptors (Lipinski definition) is 4. The van der Waals surface area contributed by atoms with Crippen molar-refractivity contribution >= 4 is 21.8 Å². The van der Waals surface area contributed by atoms with Crippen molar-refractivity contribution < 1.29 is 23.1 Å². The first kappa shape index (κ1) is 16.1. The Kier molecular flexibility index (Phi) is 4.75. The van der Waals surface area contributed by atoms with Crippen molar-refractivity contribution in [3.05, 3.63) is 0 Å². The first-order valence-corrected chi connectivity index (χ1v) is 9.13. The van der Waals surface area contributed by atoms with Gasteiger partial charge in [-0.1, -0.05) is 19.3 Å². The molecule has 0 radical (unpaired) electrons. The van der Waals surface area contributed by atoms with Gasteiger partial charge in [-0.2, -0.15) is 0 Å². The van der Waals surface area contributed by atoms with Crippen molar-refractivity contribution in [2.75, 3.05) is 11.5 Å². The molecule has 0 aromatic carbocycles. The summed E-state index contributed by atoms with van der Waals surface area (Å²) in [5.74, 6) is -0.870. The molecule has 0 aromatic heterocycles. The third-order valence-electron chi connectivity index (χ3n) is 4.25. The number of urea groups is 1. The van der Waals surface area contributed by atoms with Crippen molar-refractivity contribution in [1.29, 1.82) is 0 Å². The Morgan fingerprint density at radius 1 is 1.19 bits per heavy atom. The highest BCUT2D eigenvalue weighted by Gasteiger charge is 2.37. The van der Waals surface area contributed by atoms with Crippen molar-refractivity contribution in [1.82, 2.24) is 10.6 Å². The summed E-state index contributed by atoms with van der Waals surface area (Å²) in [6.45, 7) is 0. The minimum absolute atomic E-state index is 0.0354. The second-order valence-corrected chi connectivity index (χ2v) is 8.34. The molecule has 2 fully saturated rings. The SMILES string of the molecule is O=C(O)CC1(NC(=O)NC2CCS(=O)(=O)C2)CCCCC1. The largest absolute Gasteiger partial charge is 0.481 e. The van der Waals surface area contributed by atoms with E-state index in [0.717, 1.165) is 19.3 Å². The van der Waals surface area contributed by atoms with Gasteiger partial charge in [0, 0.05) is 6.04 Å². The standard InChI is InChI=1S/C13H22N2O5S/c16-11(17)8-13(5-2-1-3-6-13)15-12(18)14-10-4-7-21(19,20)9-10/h10H,1-9H2,(H,16,17)(H2,14,15,18). The van der Waals surface area contributed by atoms with Gasteiger partial charge in [0.25, 0.3) is 0 Å². The molecule has 2 aliphatic rings. The van der Waals surface area contributed by atoms with Gasteiger partial charge in [-0.05, 0) is 19.3 Å². The maximum Gasteiger partial charge on any atom is 0.315 e. The lowest BCUT2D eigenvalue weighted by molar-refractivity contribution is -0.139. The average Bonchev–Trinajstić information content (AvgIpc) is 2.68. The Bertz CT molecular complexity index is 511. The fraction of sp³-hybridized carbons (Fsp3) is 0.846. The predicted octanol–water partition coefficient (Wildman–Crippen LogP) is 0.650. The van der Waals surface area contributed by atoms with Crippen LogP contribution in [0.25, 0.3) is 0 Å². The Morgan fingerprint density at radius 2 is 1.86 bits per heavy atom. The number of carboxylic acids is 1. The first-order chi connectivity index (χ1) is 9.80. The van der Waals surface area contributed by atoms with E-state index in [4.69, 9.17) is 5.11 Å². The summed E-state index contributed by atoms with van der Waals surface area (Å²) in [4.78, 5) is 23.1. The van der Waals surface area contributed by atoms with E-state index < -0.39 is 27.4 Å². The number of carbonyl (C=O) groups is 2. The van der Waals surface area contributed by atoms with E-state index in [1.807, 2.05) is 0 Å². The van der Waals surface area contributed by atoms with Gasteiger partial charge in [-0.15, -0.1) is 0 Å². The van der Waals surface area contributed by atoms with Crippen LogP contribution in [-0.4, -0.2) is 48.6 Å². The van der Waals surface area contributed by atoms with Crippen molar-refractivity contribution in [3.63, 3.8) is 0 Å². The summed E-state index contributed by atoms with van der Waals surface area (Å²) in [7, 11) is -3.05. The fourth-order valence-corrected chi connectivity index (χ4v) is 4.91. The van der Waals surface area contributed by atoms with Gasteiger partial charge < -0.3 is 15.7 Å². The molecule has 2 rings (SSSR count). The Hall–Kier alpha value is -1.31. The van der Waals surface area contributed by atoms with E-state index in [2.05, 4.69) is 10.6 Å². The molecule has 1 saturated carbocycles. The third kappa shape index (κ3) is 4.59. The zero-order valence-corrected chi connectivity index (χ0v) is 12.7. The molecule has 3 N–H and O–H groups in total. The molecule has 1 saturated heterocycles. The van der Waals surface area contributed by atoms with Crippen LogP contribution < -0.4 is 10.6 Å². The first-order valence-electron chi connectivity index (χ1n) is 7.31. The molecule has 8 heteroatoms. The molecular weight excluding hydrogens is 296 g/mol. The topological polar surface area (TPSA) is 113 Å². The van der Waals surface area contributed by atoms with Crippen LogP contribution in [0.2, 0.25) is 0 Å². The lowest BCUT2D eigenvalue weighted by atomic mass is 9.79. The zero-order valence-electron chi connectivity index (χ0n) is 11.9. The minimum Gasteiger partial charge on any atom is -0.481 e. The Morgan fingerprint density at radius 3 is 2.38 bits per heavy atom. The maximum absolute atomic E-state index is 12.1. The van der Waals surface area contributed by atoms with Crippen LogP contribution in [-0.2, 0) is 14.6 Å². The number of amides is 2. The quantitative estimate of drug-likeness (QED) is 0.704. The van der Waals surface area contributed by atoms with Gasteiger partial charge in [-0.3, -0.25) is 4.79 Å². The van der Waals surface area contributed by atoms with Crippen LogP contribution in [0, 0.1) is 0 Å². The highest BCUT2D eigenvalue weighted by molar-refractivity contribution is 7.91. The Labute approximate surface area is 124 Å². The molecule has 1 aliphatic carbocycles. The number of aliphatic carboxylic acids is 1. The van der Waals surface area contributed by atoms with Crippen molar-refractivity contribution in [2.45, 2.75) is 56.5 Å². The van der Waals surface area contributed by atoms with Gasteiger partial charge in [0.2, 0.25) is 0 Å². The van der Waals surface area contributed by atoms with E-state index in [-0.39, 0.29) is 24.0 Å². The molecule has 0 bridgehead atoms. The molecule has 2 amide bonds. The van der Waals surface area contributed by atoms with Gasteiger partial charge in [0.05, 0.1) is 23.5 Å². The molecule has 7 nitrogen and oxygen atoms in total. The zero-order chi connectivity index (χ0) is 15.5. The number of nitrogens with one attached hydrogen (secondary N) is 2. The number of sulfone groups is 1. The molecule has 21 heavy (non-hydrogen) atoms. The molecular formula is C13H22N2O5S. The van der Waals surface area contributed by atoms with Crippen LogP contribution in [0.3, 0.4) is 0 Å². The molecule has 0 spiro atoms. The van der Waals surface area contributed by atoms with Crippen LogP contribution in [0.1, 0.15) is 44.9 Å². The number of carbonyl (C=O) groups excluding carboxylic acids is 1.